The summed E-state index contributed by atoms with van der Waals surface area (Å²) in [6.45, 7) is 4.75. The standard InChI is InChI=1S/C8H18N2O2/c1-6(2)3-7(9)4-10-5-8(11)12/h6-7,10H,3-5,9H2,1-2H3,(H,11,12)/t7-/m0/s1. The minimum Gasteiger partial charge on any atom is -0.480 e. The zero-order valence-electron chi connectivity index (χ0n) is 7.71. The van der Waals surface area contributed by atoms with E-state index >= 15 is 0 Å². The van der Waals surface area contributed by atoms with Gasteiger partial charge >= 0.3 is 5.97 Å². The van der Waals surface area contributed by atoms with Crippen LogP contribution in [0.15, 0.2) is 0 Å². The van der Waals surface area contributed by atoms with E-state index in [4.69, 9.17) is 10.8 Å². The molecule has 0 aromatic carbocycles. The van der Waals surface area contributed by atoms with Crippen molar-refractivity contribution in [1.82, 2.24) is 5.32 Å². The predicted octanol–water partition coefficient (Wildman–Crippen LogP) is 0.0340. The first-order chi connectivity index (χ1) is 5.52. The highest BCUT2D eigenvalue weighted by Gasteiger charge is 2.05. The molecule has 4 heteroatoms. The molecule has 0 aliphatic rings. The maximum absolute atomic E-state index is 10.1. The Hall–Kier alpha value is -0.610. The van der Waals surface area contributed by atoms with Gasteiger partial charge in [-0.25, -0.2) is 0 Å². The number of hydrogen-bond donors (Lipinski definition) is 3. The molecule has 72 valence electrons. The van der Waals surface area contributed by atoms with E-state index in [1.165, 1.54) is 0 Å². The molecule has 1 atom stereocenters. The van der Waals surface area contributed by atoms with Gasteiger partial charge in [-0.2, -0.15) is 0 Å². The van der Waals surface area contributed by atoms with Crippen LogP contribution in [0.5, 0.6) is 0 Å². The van der Waals surface area contributed by atoms with Crippen LogP contribution >= 0.6 is 0 Å². The average molecular weight is 174 g/mol. The largest absolute Gasteiger partial charge is 0.480 e. The third-order valence-electron chi connectivity index (χ3n) is 1.46. The van der Waals surface area contributed by atoms with E-state index in [0.717, 1.165) is 6.42 Å². The van der Waals surface area contributed by atoms with Crippen molar-refractivity contribution in [2.24, 2.45) is 11.7 Å². The summed E-state index contributed by atoms with van der Waals surface area (Å²) in [4.78, 5) is 10.1. The lowest BCUT2D eigenvalue weighted by Crippen LogP contribution is -2.37. The minimum absolute atomic E-state index is 0.00814. The van der Waals surface area contributed by atoms with E-state index in [0.29, 0.717) is 12.5 Å². The Labute approximate surface area is 73.1 Å². The smallest absolute Gasteiger partial charge is 0.317 e. The van der Waals surface area contributed by atoms with Crippen molar-refractivity contribution in [3.8, 4) is 0 Å². The first-order valence-corrected chi connectivity index (χ1v) is 4.20. The van der Waals surface area contributed by atoms with E-state index < -0.39 is 5.97 Å². The van der Waals surface area contributed by atoms with Gasteiger partial charge in [-0.15, -0.1) is 0 Å². The molecule has 4 N–H and O–H groups in total. The Balaban J connectivity index is 3.31. The molecule has 0 saturated carbocycles. The lowest BCUT2D eigenvalue weighted by Gasteiger charge is -2.13. The van der Waals surface area contributed by atoms with Crippen LogP contribution in [0.2, 0.25) is 0 Å². The Kier molecular flexibility index (Phi) is 5.66. The second-order valence-corrected chi connectivity index (χ2v) is 3.41. The summed E-state index contributed by atoms with van der Waals surface area (Å²) in [5.74, 6) is -0.279. The van der Waals surface area contributed by atoms with E-state index in [9.17, 15) is 4.79 Å². The number of carbonyl (C=O) groups is 1. The third-order valence-corrected chi connectivity index (χ3v) is 1.46. The van der Waals surface area contributed by atoms with Gasteiger partial charge in [-0.3, -0.25) is 4.79 Å². The van der Waals surface area contributed by atoms with Gasteiger partial charge in [0.25, 0.3) is 0 Å². The summed E-state index contributed by atoms with van der Waals surface area (Å²) in [6, 6.07) is 0.0596. The molecule has 4 nitrogen and oxygen atoms in total. The average Bonchev–Trinajstić information content (AvgIpc) is 1.84. The van der Waals surface area contributed by atoms with E-state index in [2.05, 4.69) is 19.2 Å². The van der Waals surface area contributed by atoms with Gasteiger partial charge in [0, 0.05) is 12.6 Å². The molecular formula is C8H18N2O2. The monoisotopic (exact) mass is 174 g/mol. The first-order valence-electron chi connectivity index (χ1n) is 4.20. The van der Waals surface area contributed by atoms with Crippen molar-refractivity contribution in [3.05, 3.63) is 0 Å². The molecule has 0 aliphatic heterocycles. The van der Waals surface area contributed by atoms with Crippen molar-refractivity contribution in [2.75, 3.05) is 13.1 Å². The van der Waals surface area contributed by atoms with Crippen molar-refractivity contribution in [2.45, 2.75) is 26.3 Å². The molecule has 0 bridgehead atoms. The SMILES string of the molecule is CC(C)C[C@H](N)CNCC(=O)O. The van der Waals surface area contributed by atoms with Gasteiger partial charge < -0.3 is 16.2 Å². The number of rotatable bonds is 6. The third kappa shape index (κ3) is 7.50. The molecule has 0 heterocycles. The number of aliphatic carboxylic acids is 1. The second kappa shape index (κ2) is 5.97. The molecular weight excluding hydrogens is 156 g/mol. The van der Waals surface area contributed by atoms with Crippen LogP contribution in [0.25, 0.3) is 0 Å². The maximum atomic E-state index is 10.1. The normalized spacial score (nSPS) is 13.3. The highest BCUT2D eigenvalue weighted by molar-refractivity contribution is 5.68. The summed E-state index contributed by atoms with van der Waals surface area (Å²) >= 11 is 0. The van der Waals surface area contributed by atoms with E-state index in [1.807, 2.05) is 0 Å². The number of hydrogen-bond acceptors (Lipinski definition) is 3. The first kappa shape index (κ1) is 11.4. The maximum Gasteiger partial charge on any atom is 0.317 e. The molecule has 0 amide bonds. The zero-order chi connectivity index (χ0) is 9.56. The van der Waals surface area contributed by atoms with E-state index in [1.54, 1.807) is 0 Å². The molecule has 0 unspecified atom stereocenters. The van der Waals surface area contributed by atoms with Gasteiger partial charge in [0.15, 0.2) is 0 Å². The summed E-state index contributed by atoms with van der Waals surface area (Å²) in [5.41, 5.74) is 5.71. The number of carboxylic acid groups (broad SMARTS) is 1. The topological polar surface area (TPSA) is 75.3 Å². The van der Waals surface area contributed by atoms with Crippen LogP contribution < -0.4 is 11.1 Å². The highest BCUT2D eigenvalue weighted by Crippen LogP contribution is 2.00. The Bertz CT molecular complexity index is 137. The zero-order valence-corrected chi connectivity index (χ0v) is 7.71. The van der Waals surface area contributed by atoms with Crippen molar-refractivity contribution >= 4 is 5.97 Å². The van der Waals surface area contributed by atoms with Gasteiger partial charge in [0.1, 0.15) is 0 Å². The number of nitrogens with two attached hydrogens (primary N) is 1. The van der Waals surface area contributed by atoms with Crippen LogP contribution in [-0.4, -0.2) is 30.2 Å². The second-order valence-electron chi connectivity index (χ2n) is 3.41. The highest BCUT2D eigenvalue weighted by atomic mass is 16.4. The van der Waals surface area contributed by atoms with Gasteiger partial charge in [0.2, 0.25) is 0 Å². The Morgan fingerprint density at radius 1 is 1.58 bits per heavy atom. The lowest BCUT2D eigenvalue weighted by atomic mass is 10.0. The van der Waals surface area contributed by atoms with E-state index in [-0.39, 0.29) is 12.6 Å². The number of carboxylic acids is 1. The Morgan fingerprint density at radius 2 is 2.17 bits per heavy atom. The molecule has 0 saturated heterocycles. The fourth-order valence-corrected chi connectivity index (χ4v) is 1.05. The fraction of sp³-hybridized carbons (Fsp3) is 0.875. The fourth-order valence-electron chi connectivity index (χ4n) is 1.05. The number of nitrogens with one attached hydrogen (secondary N) is 1. The van der Waals surface area contributed by atoms with Gasteiger partial charge in [-0.05, 0) is 12.3 Å². The molecule has 0 aromatic heterocycles. The van der Waals surface area contributed by atoms with Gasteiger partial charge in [0.05, 0.1) is 6.54 Å². The molecule has 0 fully saturated rings. The van der Waals surface area contributed by atoms with Crippen molar-refractivity contribution in [3.63, 3.8) is 0 Å². The molecule has 0 rings (SSSR count). The molecule has 0 radical (unpaired) electrons. The molecule has 0 spiro atoms. The summed E-state index contributed by atoms with van der Waals surface area (Å²) < 4.78 is 0. The van der Waals surface area contributed by atoms with Crippen LogP contribution in [0.1, 0.15) is 20.3 Å². The minimum atomic E-state index is -0.841. The molecule has 0 aromatic rings. The Morgan fingerprint density at radius 3 is 2.58 bits per heavy atom. The quantitative estimate of drug-likeness (QED) is 0.531. The van der Waals surface area contributed by atoms with Gasteiger partial charge in [-0.1, -0.05) is 13.8 Å². The van der Waals surface area contributed by atoms with Crippen LogP contribution in [0.4, 0.5) is 0 Å². The van der Waals surface area contributed by atoms with Crippen LogP contribution in [0.3, 0.4) is 0 Å². The van der Waals surface area contributed by atoms with Crippen LogP contribution in [0, 0.1) is 5.92 Å². The summed E-state index contributed by atoms with van der Waals surface area (Å²) in [5, 5.41) is 11.1. The lowest BCUT2D eigenvalue weighted by molar-refractivity contribution is -0.135. The molecule has 0 aliphatic carbocycles. The summed E-state index contributed by atoms with van der Waals surface area (Å²) in [7, 11) is 0. The predicted molar refractivity (Wildman–Crippen MR) is 47.9 cm³/mol. The van der Waals surface area contributed by atoms with Crippen molar-refractivity contribution < 1.29 is 9.90 Å². The molecule has 12 heavy (non-hydrogen) atoms. The summed E-state index contributed by atoms with van der Waals surface area (Å²) in [6.07, 6.45) is 0.923. The van der Waals surface area contributed by atoms with Crippen molar-refractivity contribution in [1.29, 1.82) is 0 Å². The van der Waals surface area contributed by atoms with Crippen LogP contribution in [-0.2, 0) is 4.79 Å².